The van der Waals surface area contributed by atoms with Crippen molar-refractivity contribution in [3.63, 3.8) is 0 Å². The smallest absolute Gasteiger partial charge is 0.317 e. The number of carbonyl (C=O) groups is 1. The minimum Gasteiger partial charge on any atom is -0.394 e. The molecule has 5 heteroatoms. The van der Waals surface area contributed by atoms with Gasteiger partial charge < -0.3 is 15.3 Å². The number of aliphatic hydroxyl groups is 1. The van der Waals surface area contributed by atoms with E-state index in [1.54, 1.807) is 11.9 Å². The lowest BCUT2D eigenvalue weighted by Gasteiger charge is -2.34. The van der Waals surface area contributed by atoms with E-state index in [1.165, 1.54) is 25.7 Å². The highest BCUT2D eigenvalue weighted by Crippen LogP contribution is 2.17. The molecule has 2 amide bonds. The monoisotopic (exact) mass is 299 g/mol. The fourth-order valence-corrected chi connectivity index (χ4v) is 2.85. The highest BCUT2D eigenvalue weighted by Gasteiger charge is 2.24. The number of hydrogen-bond acceptors (Lipinski definition) is 3. The van der Waals surface area contributed by atoms with Crippen LogP contribution in [0.2, 0.25) is 0 Å². The van der Waals surface area contributed by atoms with E-state index in [0.29, 0.717) is 18.5 Å². The van der Waals surface area contributed by atoms with Gasteiger partial charge in [0.05, 0.1) is 12.6 Å². The zero-order valence-corrected chi connectivity index (χ0v) is 14.1. The van der Waals surface area contributed by atoms with Crippen molar-refractivity contribution in [2.45, 2.75) is 58.5 Å². The van der Waals surface area contributed by atoms with Crippen LogP contribution in [-0.4, -0.2) is 66.3 Å². The van der Waals surface area contributed by atoms with E-state index >= 15 is 0 Å². The number of nitrogens with one attached hydrogen (secondary N) is 1. The largest absolute Gasteiger partial charge is 0.394 e. The zero-order valence-electron chi connectivity index (χ0n) is 14.1. The Morgan fingerprint density at radius 2 is 1.76 bits per heavy atom. The van der Waals surface area contributed by atoms with Crippen LogP contribution in [0.15, 0.2) is 0 Å². The maximum absolute atomic E-state index is 12.1. The zero-order chi connectivity index (χ0) is 15.8. The Bertz CT molecular complexity index is 302. The fourth-order valence-electron chi connectivity index (χ4n) is 2.85. The fraction of sp³-hybridized carbons (Fsp3) is 0.938. The number of rotatable bonds is 6. The van der Waals surface area contributed by atoms with Crippen molar-refractivity contribution in [3.05, 3.63) is 0 Å². The summed E-state index contributed by atoms with van der Waals surface area (Å²) >= 11 is 0. The summed E-state index contributed by atoms with van der Waals surface area (Å²) in [5.41, 5.74) is 0. The van der Waals surface area contributed by atoms with Crippen LogP contribution in [0.5, 0.6) is 0 Å². The summed E-state index contributed by atoms with van der Waals surface area (Å²) in [6.45, 7) is 9.24. The molecule has 0 saturated carbocycles. The minimum atomic E-state index is -0.152. The second-order valence-electron chi connectivity index (χ2n) is 6.59. The topological polar surface area (TPSA) is 55.8 Å². The number of likely N-dealkylation sites (tertiary alicyclic amines) is 1. The van der Waals surface area contributed by atoms with Gasteiger partial charge in [-0.25, -0.2) is 4.79 Å². The van der Waals surface area contributed by atoms with Crippen molar-refractivity contribution in [1.29, 1.82) is 0 Å². The average Bonchev–Trinajstić information content (AvgIpc) is 2.74. The molecule has 21 heavy (non-hydrogen) atoms. The molecule has 1 aliphatic heterocycles. The van der Waals surface area contributed by atoms with Gasteiger partial charge in [0.25, 0.3) is 0 Å². The third kappa shape index (κ3) is 5.83. The van der Waals surface area contributed by atoms with E-state index in [2.05, 4.69) is 24.1 Å². The van der Waals surface area contributed by atoms with E-state index in [9.17, 15) is 4.79 Å². The van der Waals surface area contributed by atoms with Crippen molar-refractivity contribution in [3.8, 4) is 0 Å². The van der Waals surface area contributed by atoms with Gasteiger partial charge in [0, 0.05) is 19.6 Å². The molecule has 0 unspecified atom stereocenters. The number of amides is 2. The van der Waals surface area contributed by atoms with Crippen molar-refractivity contribution in [2.75, 3.05) is 33.3 Å². The second kappa shape index (κ2) is 9.26. The molecular weight excluding hydrogens is 266 g/mol. The Hall–Kier alpha value is -0.810. The Kier molecular flexibility index (Phi) is 8.04. The Labute approximate surface area is 129 Å². The first-order chi connectivity index (χ1) is 9.97. The Morgan fingerprint density at radius 3 is 2.24 bits per heavy atom. The molecule has 0 bridgehead atoms. The summed E-state index contributed by atoms with van der Waals surface area (Å²) in [6.07, 6.45) is 5.17. The summed E-state index contributed by atoms with van der Waals surface area (Å²) in [5, 5.41) is 12.2. The molecule has 1 rings (SSSR count). The first-order valence-electron chi connectivity index (χ1n) is 8.33. The maximum Gasteiger partial charge on any atom is 0.317 e. The maximum atomic E-state index is 12.1. The van der Waals surface area contributed by atoms with Crippen LogP contribution in [0, 0.1) is 5.92 Å². The second-order valence-corrected chi connectivity index (χ2v) is 6.59. The average molecular weight is 299 g/mol. The Morgan fingerprint density at radius 1 is 1.19 bits per heavy atom. The molecule has 1 saturated heterocycles. The molecule has 0 aromatic heterocycles. The van der Waals surface area contributed by atoms with Gasteiger partial charge in [-0.05, 0) is 38.8 Å². The molecule has 0 spiro atoms. The molecule has 0 radical (unpaired) electrons. The molecular formula is C16H33N3O2. The van der Waals surface area contributed by atoms with Gasteiger partial charge in [0.1, 0.15) is 0 Å². The molecule has 1 aliphatic rings. The molecule has 0 aromatic carbocycles. The van der Waals surface area contributed by atoms with Crippen molar-refractivity contribution < 1.29 is 9.90 Å². The van der Waals surface area contributed by atoms with Crippen molar-refractivity contribution in [1.82, 2.24) is 15.1 Å². The number of hydrogen-bond donors (Lipinski definition) is 2. The van der Waals surface area contributed by atoms with Gasteiger partial charge in [0.2, 0.25) is 0 Å². The molecule has 0 aromatic rings. The molecule has 0 aliphatic carbocycles. The highest BCUT2D eigenvalue weighted by atomic mass is 16.3. The first kappa shape index (κ1) is 18.2. The van der Waals surface area contributed by atoms with Crippen LogP contribution < -0.4 is 5.32 Å². The lowest BCUT2D eigenvalue weighted by Crippen LogP contribution is -2.51. The van der Waals surface area contributed by atoms with Crippen LogP contribution in [0.3, 0.4) is 0 Å². The number of likely N-dealkylation sites (N-methyl/N-ethyl adjacent to an activating group) is 1. The quantitative estimate of drug-likeness (QED) is 0.788. The van der Waals surface area contributed by atoms with Crippen LogP contribution >= 0.6 is 0 Å². The third-order valence-electron chi connectivity index (χ3n) is 4.59. The van der Waals surface area contributed by atoms with Crippen LogP contribution in [0.4, 0.5) is 4.79 Å². The number of aliphatic hydroxyl groups excluding tert-OH is 1. The Balaban J connectivity index is 2.52. The third-order valence-corrected chi connectivity index (χ3v) is 4.59. The van der Waals surface area contributed by atoms with E-state index in [1.807, 2.05) is 6.92 Å². The molecule has 2 atom stereocenters. The molecule has 1 fully saturated rings. The van der Waals surface area contributed by atoms with E-state index in [0.717, 1.165) is 13.1 Å². The summed E-state index contributed by atoms with van der Waals surface area (Å²) < 4.78 is 0. The van der Waals surface area contributed by atoms with Crippen LogP contribution in [-0.2, 0) is 0 Å². The van der Waals surface area contributed by atoms with E-state index in [4.69, 9.17) is 5.11 Å². The number of urea groups is 1. The van der Waals surface area contributed by atoms with E-state index in [-0.39, 0.29) is 18.7 Å². The van der Waals surface area contributed by atoms with Crippen molar-refractivity contribution in [2.24, 2.45) is 5.92 Å². The number of nitrogens with zero attached hydrogens (tertiary/aromatic N) is 2. The highest BCUT2D eigenvalue weighted by molar-refractivity contribution is 5.74. The summed E-state index contributed by atoms with van der Waals surface area (Å²) in [7, 11) is 1.73. The van der Waals surface area contributed by atoms with Gasteiger partial charge in [0.15, 0.2) is 0 Å². The molecule has 1 heterocycles. The van der Waals surface area contributed by atoms with Gasteiger partial charge in [-0.1, -0.05) is 26.7 Å². The van der Waals surface area contributed by atoms with Gasteiger partial charge in [-0.15, -0.1) is 0 Å². The summed E-state index contributed by atoms with van der Waals surface area (Å²) in [4.78, 5) is 16.2. The van der Waals surface area contributed by atoms with E-state index < -0.39 is 0 Å². The van der Waals surface area contributed by atoms with Gasteiger partial charge >= 0.3 is 6.03 Å². The minimum absolute atomic E-state index is 0.0103. The van der Waals surface area contributed by atoms with Crippen LogP contribution in [0.1, 0.15) is 46.5 Å². The normalized spacial score (nSPS) is 19.9. The molecule has 124 valence electrons. The summed E-state index contributed by atoms with van der Waals surface area (Å²) in [5.74, 6) is 0.518. The predicted molar refractivity (Wildman–Crippen MR) is 86.4 cm³/mol. The predicted octanol–water partition coefficient (Wildman–Crippen LogP) is 1.91. The SMILES string of the molecule is CC(C)[C@H](CNC(=O)N(C)[C@@H](C)CO)N1CCCCCC1. The first-order valence-corrected chi connectivity index (χ1v) is 8.33. The van der Waals surface area contributed by atoms with Gasteiger partial charge in [-0.3, -0.25) is 4.90 Å². The molecule has 2 N–H and O–H groups in total. The van der Waals surface area contributed by atoms with Crippen LogP contribution in [0.25, 0.3) is 0 Å². The standard InChI is InChI=1S/C16H33N3O2/c1-13(2)15(19-9-7-5-6-8-10-19)11-17-16(21)18(4)14(3)12-20/h13-15,20H,5-12H2,1-4H3,(H,17,21)/t14-,15-/m0/s1. The lowest BCUT2D eigenvalue weighted by atomic mass is 10.0. The number of carbonyl (C=O) groups excluding carboxylic acids is 1. The van der Waals surface area contributed by atoms with Gasteiger partial charge in [-0.2, -0.15) is 0 Å². The molecule has 5 nitrogen and oxygen atoms in total. The van der Waals surface area contributed by atoms with Crippen molar-refractivity contribution >= 4 is 6.03 Å². The lowest BCUT2D eigenvalue weighted by molar-refractivity contribution is 0.139. The summed E-state index contributed by atoms with van der Waals surface area (Å²) in [6, 6.07) is 0.141.